The first-order valence-corrected chi connectivity index (χ1v) is 7.45. The molecule has 116 valence electrons. The van der Waals surface area contributed by atoms with E-state index >= 15 is 0 Å². The third-order valence-electron chi connectivity index (χ3n) is 3.78. The molecule has 1 heterocycles. The zero-order chi connectivity index (χ0) is 15.4. The zero-order valence-electron chi connectivity index (χ0n) is 12.9. The maximum atomic E-state index is 12.4. The summed E-state index contributed by atoms with van der Waals surface area (Å²) in [5, 5.41) is 16.2. The van der Waals surface area contributed by atoms with Crippen molar-refractivity contribution in [3.63, 3.8) is 0 Å². The Morgan fingerprint density at radius 3 is 2.86 bits per heavy atom. The molecule has 1 aliphatic heterocycles. The highest BCUT2D eigenvalue weighted by molar-refractivity contribution is 5.95. The Kier molecular flexibility index (Phi) is 5.20. The number of anilines is 1. The Labute approximate surface area is 125 Å². The van der Waals surface area contributed by atoms with Crippen LogP contribution in [0.3, 0.4) is 0 Å². The lowest BCUT2D eigenvalue weighted by molar-refractivity contribution is -0.120. The van der Waals surface area contributed by atoms with Crippen molar-refractivity contribution in [3.8, 4) is 5.75 Å². The zero-order valence-corrected chi connectivity index (χ0v) is 12.9. The minimum Gasteiger partial charge on any atom is -0.505 e. The maximum Gasteiger partial charge on any atom is 0.231 e. The van der Waals surface area contributed by atoms with Gasteiger partial charge in [0.15, 0.2) is 0 Å². The molecule has 0 spiro atoms. The minimum absolute atomic E-state index is 0.0398. The molecule has 1 aromatic rings. The van der Waals surface area contributed by atoms with E-state index in [-0.39, 0.29) is 23.6 Å². The Morgan fingerprint density at radius 2 is 2.14 bits per heavy atom. The van der Waals surface area contributed by atoms with Crippen molar-refractivity contribution in [2.24, 2.45) is 5.92 Å². The quantitative estimate of drug-likeness (QED) is 0.726. The van der Waals surface area contributed by atoms with Crippen LogP contribution in [-0.2, 0) is 9.53 Å². The van der Waals surface area contributed by atoms with E-state index in [0.29, 0.717) is 18.9 Å². The number of benzene rings is 1. The van der Waals surface area contributed by atoms with Crippen molar-refractivity contribution < 1.29 is 14.6 Å². The van der Waals surface area contributed by atoms with E-state index < -0.39 is 0 Å². The van der Waals surface area contributed by atoms with Gasteiger partial charge >= 0.3 is 0 Å². The van der Waals surface area contributed by atoms with Gasteiger partial charge in [-0.1, -0.05) is 13.0 Å². The molecular formula is C16H24N2O3. The highest BCUT2D eigenvalue weighted by Gasteiger charge is 2.33. The molecule has 3 N–H and O–H groups in total. The number of aryl methyl sites for hydroxylation is 2. The van der Waals surface area contributed by atoms with E-state index in [1.54, 1.807) is 6.07 Å². The molecule has 5 heteroatoms. The summed E-state index contributed by atoms with van der Waals surface area (Å²) in [5.41, 5.74) is 2.23. The molecule has 2 rings (SSSR count). The topological polar surface area (TPSA) is 70.6 Å². The summed E-state index contributed by atoms with van der Waals surface area (Å²) >= 11 is 0. The second kappa shape index (κ2) is 6.91. The lowest BCUT2D eigenvalue weighted by Crippen LogP contribution is -2.41. The largest absolute Gasteiger partial charge is 0.505 e. The standard InChI is InChI=1S/C16H24N2O3/c1-4-5-17-14-9-21-8-12(14)16(20)18-13-7-10(2)6-11(3)15(13)19/h6-7,12,14,17,19H,4-5,8-9H2,1-3H3,(H,18,20). The van der Waals surface area contributed by atoms with E-state index in [9.17, 15) is 9.90 Å². The Balaban J connectivity index is 2.07. The summed E-state index contributed by atoms with van der Waals surface area (Å²) in [4.78, 5) is 12.4. The molecule has 1 saturated heterocycles. The molecule has 0 bridgehead atoms. The van der Waals surface area contributed by atoms with Crippen LogP contribution in [0.2, 0.25) is 0 Å². The average molecular weight is 292 g/mol. The first-order valence-electron chi connectivity index (χ1n) is 7.45. The number of amides is 1. The summed E-state index contributed by atoms with van der Waals surface area (Å²) in [6.45, 7) is 7.68. The summed E-state index contributed by atoms with van der Waals surface area (Å²) in [7, 11) is 0. The van der Waals surface area contributed by atoms with E-state index in [0.717, 1.165) is 24.1 Å². The second-order valence-electron chi connectivity index (χ2n) is 5.67. The lowest BCUT2D eigenvalue weighted by atomic mass is 10.0. The molecule has 0 saturated carbocycles. The summed E-state index contributed by atoms with van der Waals surface area (Å²) < 4.78 is 5.42. The monoisotopic (exact) mass is 292 g/mol. The fourth-order valence-corrected chi connectivity index (χ4v) is 2.62. The van der Waals surface area contributed by atoms with Gasteiger partial charge in [0, 0.05) is 6.04 Å². The van der Waals surface area contributed by atoms with Crippen LogP contribution in [0.4, 0.5) is 5.69 Å². The van der Waals surface area contributed by atoms with E-state index in [2.05, 4.69) is 17.6 Å². The number of hydrogen-bond donors (Lipinski definition) is 3. The number of rotatable bonds is 5. The van der Waals surface area contributed by atoms with Gasteiger partial charge in [-0.15, -0.1) is 0 Å². The van der Waals surface area contributed by atoms with Gasteiger partial charge in [0.2, 0.25) is 5.91 Å². The number of carbonyl (C=O) groups excluding carboxylic acids is 1. The van der Waals surface area contributed by atoms with Crippen molar-refractivity contribution >= 4 is 11.6 Å². The van der Waals surface area contributed by atoms with Crippen LogP contribution >= 0.6 is 0 Å². The molecule has 1 aliphatic rings. The summed E-state index contributed by atoms with van der Waals surface area (Å²) in [6.07, 6.45) is 1.02. The molecular weight excluding hydrogens is 268 g/mol. The number of hydrogen-bond acceptors (Lipinski definition) is 4. The lowest BCUT2D eigenvalue weighted by Gasteiger charge is -2.19. The summed E-state index contributed by atoms with van der Waals surface area (Å²) in [5.74, 6) is -0.205. The summed E-state index contributed by atoms with van der Waals surface area (Å²) in [6, 6.07) is 3.71. The number of nitrogens with one attached hydrogen (secondary N) is 2. The van der Waals surface area contributed by atoms with E-state index in [1.165, 1.54) is 0 Å². The highest BCUT2D eigenvalue weighted by Crippen LogP contribution is 2.29. The molecule has 0 radical (unpaired) electrons. The Morgan fingerprint density at radius 1 is 1.38 bits per heavy atom. The normalized spacial score (nSPS) is 21.5. The fourth-order valence-electron chi connectivity index (χ4n) is 2.62. The van der Waals surface area contributed by atoms with E-state index in [4.69, 9.17) is 4.74 Å². The van der Waals surface area contributed by atoms with E-state index in [1.807, 2.05) is 19.9 Å². The van der Waals surface area contributed by atoms with Gasteiger partial charge in [0.1, 0.15) is 5.75 Å². The molecule has 2 unspecified atom stereocenters. The average Bonchev–Trinajstić information content (AvgIpc) is 2.90. The molecule has 0 aliphatic carbocycles. The number of phenols is 1. The van der Waals surface area contributed by atoms with Crippen molar-refractivity contribution in [1.29, 1.82) is 0 Å². The van der Waals surface area contributed by atoms with Crippen LogP contribution in [0.5, 0.6) is 5.75 Å². The maximum absolute atomic E-state index is 12.4. The van der Waals surface area contributed by atoms with Crippen molar-refractivity contribution in [3.05, 3.63) is 23.3 Å². The number of ether oxygens (including phenoxy) is 1. The van der Waals surface area contributed by atoms with Crippen molar-refractivity contribution in [2.45, 2.75) is 33.2 Å². The first kappa shape index (κ1) is 15.8. The van der Waals surface area contributed by atoms with Gasteiger partial charge in [-0.3, -0.25) is 4.79 Å². The second-order valence-corrected chi connectivity index (χ2v) is 5.67. The molecule has 2 atom stereocenters. The van der Waals surface area contributed by atoms with Gasteiger partial charge in [-0.05, 0) is 44.0 Å². The first-order chi connectivity index (χ1) is 10.0. The SMILES string of the molecule is CCCNC1COCC1C(=O)Nc1cc(C)cc(C)c1O. The van der Waals surface area contributed by atoms with Crippen molar-refractivity contribution in [1.82, 2.24) is 5.32 Å². The smallest absolute Gasteiger partial charge is 0.231 e. The van der Waals surface area contributed by atoms with Gasteiger partial charge in [0.05, 0.1) is 24.8 Å². The number of phenolic OH excluding ortho intramolecular Hbond substituents is 1. The Bertz CT molecular complexity index is 516. The molecule has 0 aromatic heterocycles. The van der Waals surface area contributed by atoms with Crippen LogP contribution in [0.25, 0.3) is 0 Å². The number of aromatic hydroxyl groups is 1. The molecule has 1 amide bonds. The van der Waals surface area contributed by atoms with Crippen LogP contribution < -0.4 is 10.6 Å². The van der Waals surface area contributed by atoms with Crippen LogP contribution in [-0.4, -0.2) is 36.8 Å². The predicted octanol–water partition coefficient (Wildman–Crippen LogP) is 1.96. The van der Waals surface area contributed by atoms with Crippen LogP contribution in [0.15, 0.2) is 12.1 Å². The fraction of sp³-hybridized carbons (Fsp3) is 0.562. The molecule has 5 nitrogen and oxygen atoms in total. The van der Waals surface area contributed by atoms with Gasteiger partial charge < -0.3 is 20.5 Å². The van der Waals surface area contributed by atoms with Crippen molar-refractivity contribution in [2.75, 3.05) is 25.1 Å². The molecule has 1 fully saturated rings. The minimum atomic E-state index is -0.225. The Hall–Kier alpha value is -1.59. The van der Waals surface area contributed by atoms with Crippen LogP contribution in [0.1, 0.15) is 24.5 Å². The third-order valence-corrected chi connectivity index (χ3v) is 3.78. The predicted molar refractivity (Wildman–Crippen MR) is 82.6 cm³/mol. The van der Waals surface area contributed by atoms with Gasteiger partial charge in [-0.25, -0.2) is 0 Å². The highest BCUT2D eigenvalue weighted by atomic mass is 16.5. The molecule has 21 heavy (non-hydrogen) atoms. The van der Waals surface area contributed by atoms with Crippen LogP contribution in [0, 0.1) is 19.8 Å². The van der Waals surface area contributed by atoms with Gasteiger partial charge in [-0.2, -0.15) is 0 Å². The number of carbonyl (C=O) groups is 1. The molecule has 1 aromatic carbocycles. The van der Waals surface area contributed by atoms with Gasteiger partial charge in [0.25, 0.3) is 0 Å². The third kappa shape index (κ3) is 3.74.